The average Bonchev–Trinajstić information content (AvgIpc) is 2.26. The van der Waals surface area contributed by atoms with E-state index < -0.39 is 16.4 Å². The zero-order chi connectivity index (χ0) is 11.1. The Morgan fingerprint density at radius 1 is 1.47 bits per heavy atom. The van der Waals surface area contributed by atoms with Crippen molar-refractivity contribution in [3.63, 3.8) is 0 Å². The van der Waals surface area contributed by atoms with Gasteiger partial charge in [-0.05, 0) is 12.8 Å². The van der Waals surface area contributed by atoms with Crippen molar-refractivity contribution in [3.05, 3.63) is 0 Å². The summed E-state index contributed by atoms with van der Waals surface area (Å²) < 4.78 is 12.1. The lowest BCUT2D eigenvalue weighted by Gasteiger charge is -2.46. The van der Waals surface area contributed by atoms with Gasteiger partial charge in [0.2, 0.25) is 0 Å². The molecule has 5 atom stereocenters. The Labute approximate surface area is 93.9 Å². The minimum atomic E-state index is -1.00. The molecule has 15 heavy (non-hydrogen) atoms. The molecule has 2 nitrogen and oxygen atoms in total. The van der Waals surface area contributed by atoms with Gasteiger partial charge in [0.05, 0.1) is 0 Å². The van der Waals surface area contributed by atoms with Crippen LogP contribution in [-0.2, 0) is 10.8 Å². The Morgan fingerprint density at radius 3 is 2.80 bits per heavy atom. The Morgan fingerprint density at radius 2 is 2.13 bits per heavy atom. The molecule has 1 N–H and O–H groups in total. The predicted octanol–water partition coefficient (Wildman–Crippen LogP) is 1.45. The van der Waals surface area contributed by atoms with E-state index in [0.29, 0.717) is 6.42 Å². The second-order valence-corrected chi connectivity index (χ2v) is 6.91. The summed E-state index contributed by atoms with van der Waals surface area (Å²) in [4.78, 5) is 0. The molecule has 0 bridgehead atoms. The van der Waals surface area contributed by atoms with Crippen molar-refractivity contribution in [1.82, 2.24) is 0 Å². The normalized spacial score (nSPS) is 50.5. The van der Waals surface area contributed by atoms with E-state index >= 15 is 0 Å². The van der Waals surface area contributed by atoms with Crippen LogP contribution in [0.15, 0.2) is 0 Å². The third-order valence-corrected chi connectivity index (χ3v) is 5.98. The van der Waals surface area contributed by atoms with Crippen LogP contribution in [0.1, 0.15) is 39.0 Å². The van der Waals surface area contributed by atoms with Crippen LogP contribution in [0.4, 0.5) is 0 Å². The molecule has 1 heterocycles. The van der Waals surface area contributed by atoms with Gasteiger partial charge >= 0.3 is 0 Å². The summed E-state index contributed by atoms with van der Waals surface area (Å²) >= 11 is 0. The maximum absolute atomic E-state index is 12.1. The van der Waals surface area contributed by atoms with Crippen molar-refractivity contribution in [2.24, 2.45) is 5.92 Å². The van der Waals surface area contributed by atoms with Gasteiger partial charge in [0.1, 0.15) is 5.60 Å². The van der Waals surface area contributed by atoms with Crippen LogP contribution in [0.5, 0.6) is 0 Å². The molecule has 1 aliphatic carbocycles. The van der Waals surface area contributed by atoms with E-state index in [9.17, 15) is 9.32 Å². The van der Waals surface area contributed by atoms with Gasteiger partial charge in [0, 0.05) is 33.6 Å². The van der Waals surface area contributed by atoms with Crippen LogP contribution in [0.3, 0.4) is 0 Å². The smallest absolute Gasteiger partial charge is 0.130 e. The molecule has 1 aliphatic heterocycles. The van der Waals surface area contributed by atoms with Gasteiger partial charge in [-0.1, -0.05) is 25.7 Å². The first-order valence-corrected chi connectivity index (χ1v) is 6.95. The van der Waals surface area contributed by atoms with Crippen molar-refractivity contribution in [1.29, 1.82) is 0 Å². The molecule has 1 saturated carbocycles. The highest BCUT2D eigenvalue weighted by atomic mass is 32.2. The monoisotopic (exact) mass is 226 g/mol. The maximum atomic E-state index is 12.1. The van der Waals surface area contributed by atoms with Crippen LogP contribution in [0, 0.1) is 18.3 Å². The van der Waals surface area contributed by atoms with Gasteiger partial charge in [-0.25, -0.2) is 0 Å². The first kappa shape index (κ1) is 11.2. The molecule has 0 spiro atoms. The Balaban J connectivity index is 2.31. The lowest BCUT2D eigenvalue weighted by atomic mass is 9.74. The third kappa shape index (κ3) is 1.74. The Hall–Kier alpha value is -0.330. The Kier molecular flexibility index (Phi) is 2.92. The summed E-state index contributed by atoms with van der Waals surface area (Å²) in [5.74, 6) is 2.61. The number of hydrogen-bond donors (Lipinski definition) is 1. The van der Waals surface area contributed by atoms with Crippen LogP contribution in [0.25, 0.3) is 0 Å². The van der Waals surface area contributed by atoms with Crippen LogP contribution in [-0.4, -0.2) is 25.4 Å². The molecule has 84 valence electrons. The number of hydrogen-bond acceptors (Lipinski definition) is 2. The van der Waals surface area contributed by atoms with Gasteiger partial charge in [-0.3, -0.25) is 4.21 Å². The minimum absolute atomic E-state index is 0.0328. The molecule has 1 unspecified atom stereocenters. The van der Waals surface area contributed by atoms with Crippen LogP contribution in [0.2, 0.25) is 0 Å². The zero-order valence-electron chi connectivity index (χ0n) is 9.11. The first-order chi connectivity index (χ1) is 7.08. The second kappa shape index (κ2) is 3.92. The minimum Gasteiger partial charge on any atom is -0.377 e. The summed E-state index contributed by atoms with van der Waals surface area (Å²) in [5.41, 5.74) is -1.00. The number of terminal acetylenes is 1. The molecule has 2 rings (SSSR count). The summed E-state index contributed by atoms with van der Waals surface area (Å²) in [6.07, 6.45) is 10.1. The Bertz CT molecular complexity index is 320. The van der Waals surface area contributed by atoms with Gasteiger partial charge < -0.3 is 5.11 Å². The van der Waals surface area contributed by atoms with Crippen molar-refractivity contribution in [3.8, 4) is 12.3 Å². The van der Waals surface area contributed by atoms with E-state index in [-0.39, 0.29) is 16.4 Å². The van der Waals surface area contributed by atoms with E-state index in [1.807, 2.05) is 6.92 Å². The standard InChI is InChI=1S/C12H18O2S/c1-3-12(13)8-9(2)15(14)11-7-5-4-6-10(11)12/h1,9-11,13H,4-8H2,2H3/t9-,10+,11+,12+,15?/m1/s1. The highest BCUT2D eigenvalue weighted by molar-refractivity contribution is 7.86. The molecule has 0 aromatic rings. The topological polar surface area (TPSA) is 37.3 Å². The van der Waals surface area contributed by atoms with Gasteiger partial charge in [0.15, 0.2) is 0 Å². The van der Waals surface area contributed by atoms with Gasteiger partial charge in [-0.15, -0.1) is 6.42 Å². The molecular formula is C12H18O2S. The maximum Gasteiger partial charge on any atom is 0.130 e. The zero-order valence-corrected chi connectivity index (χ0v) is 9.93. The molecule has 0 radical (unpaired) electrons. The van der Waals surface area contributed by atoms with Crippen molar-refractivity contribution in [2.75, 3.05) is 0 Å². The van der Waals surface area contributed by atoms with Crippen LogP contribution < -0.4 is 0 Å². The SMILES string of the molecule is C#C[C@]1(O)C[C@@H](C)S(=O)[C@H]2CCCC[C@@H]21. The summed E-state index contributed by atoms with van der Waals surface area (Å²) in [6, 6.07) is 0. The molecule has 2 aliphatic rings. The fourth-order valence-electron chi connectivity index (χ4n) is 3.06. The highest BCUT2D eigenvalue weighted by Gasteiger charge is 2.49. The fraction of sp³-hybridized carbons (Fsp3) is 0.833. The number of rotatable bonds is 0. The summed E-state index contributed by atoms with van der Waals surface area (Å²) in [6.45, 7) is 1.93. The van der Waals surface area contributed by atoms with E-state index in [1.54, 1.807) is 0 Å². The fourth-order valence-corrected chi connectivity index (χ4v) is 5.16. The van der Waals surface area contributed by atoms with Gasteiger partial charge in [0.25, 0.3) is 0 Å². The molecule has 2 fully saturated rings. The summed E-state index contributed by atoms with van der Waals surface area (Å²) in [7, 11) is -0.805. The average molecular weight is 226 g/mol. The van der Waals surface area contributed by atoms with Gasteiger partial charge in [-0.2, -0.15) is 0 Å². The molecule has 1 saturated heterocycles. The summed E-state index contributed by atoms with van der Waals surface area (Å²) in [5, 5.41) is 10.6. The van der Waals surface area contributed by atoms with E-state index in [0.717, 1.165) is 25.7 Å². The largest absolute Gasteiger partial charge is 0.377 e. The van der Waals surface area contributed by atoms with E-state index in [4.69, 9.17) is 6.42 Å². The van der Waals surface area contributed by atoms with E-state index in [2.05, 4.69) is 5.92 Å². The molecule has 0 aromatic heterocycles. The number of fused-ring (bicyclic) bond motifs is 1. The number of aliphatic hydroxyl groups is 1. The molecule has 3 heteroatoms. The van der Waals surface area contributed by atoms with E-state index in [1.165, 1.54) is 0 Å². The second-order valence-electron chi connectivity index (χ2n) is 4.84. The van der Waals surface area contributed by atoms with Crippen molar-refractivity contribution < 1.29 is 9.32 Å². The third-order valence-electron chi connectivity index (χ3n) is 3.86. The lowest BCUT2D eigenvalue weighted by Crippen LogP contribution is -2.54. The molecular weight excluding hydrogens is 208 g/mol. The molecule has 0 amide bonds. The van der Waals surface area contributed by atoms with Crippen molar-refractivity contribution in [2.45, 2.75) is 55.1 Å². The lowest BCUT2D eigenvalue weighted by molar-refractivity contribution is 0.00889. The first-order valence-electron chi connectivity index (χ1n) is 5.68. The quantitative estimate of drug-likeness (QED) is 0.635. The van der Waals surface area contributed by atoms with Crippen molar-refractivity contribution >= 4 is 10.8 Å². The molecule has 0 aromatic carbocycles. The predicted molar refractivity (Wildman–Crippen MR) is 61.8 cm³/mol. The highest BCUT2D eigenvalue weighted by Crippen LogP contribution is 2.43. The van der Waals surface area contributed by atoms with Crippen LogP contribution >= 0.6 is 0 Å².